The zero-order chi connectivity index (χ0) is 19.6. The summed E-state index contributed by atoms with van der Waals surface area (Å²) in [6.07, 6.45) is -4.95. The molecule has 1 heterocycles. The fraction of sp³-hybridized carbons (Fsp3) is 0.417. The number of aromatic nitrogens is 1. The molecule has 0 saturated carbocycles. The molecular weight excluding hydrogens is 562 g/mol. The number of carbonyl (C=O) groups is 2. The van der Waals surface area contributed by atoms with Gasteiger partial charge in [0.1, 0.15) is 9.72 Å². The summed E-state index contributed by atoms with van der Waals surface area (Å²) in [6, 6.07) is 3.07. The number of pyridine rings is 1. The summed E-state index contributed by atoms with van der Waals surface area (Å²) in [5.74, 6) is -2.66. The van der Waals surface area contributed by atoms with E-state index in [1.165, 1.54) is 6.07 Å². The Hall–Kier alpha value is -0.290. The lowest BCUT2D eigenvalue weighted by atomic mass is 10.2. The number of hydrogen-bond acceptors (Lipinski definition) is 4. The van der Waals surface area contributed by atoms with Crippen LogP contribution in [0.15, 0.2) is 12.1 Å². The van der Waals surface area contributed by atoms with E-state index in [0.29, 0.717) is 11.3 Å². The molecule has 0 spiro atoms. The van der Waals surface area contributed by atoms with E-state index in [4.69, 9.17) is 5.11 Å². The standard InChI is InChI=1S/C12H14F3N3O3.Br3P/c1-7-4-8(6-19)18-9(5-7)10(20)16-2-3-17-11(21)12(13,14)15;1-4(2)3/h4-5,19H,2-3,6H2,1H3,(H,16,20)(H,17,21);. The van der Waals surface area contributed by atoms with Crippen LogP contribution >= 0.6 is 50.5 Å². The van der Waals surface area contributed by atoms with Crippen molar-refractivity contribution in [1.29, 1.82) is 0 Å². The monoisotopic (exact) mass is 573 g/mol. The van der Waals surface area contributed by atoms with E-state index in [2.05, 4.69) is 56.8 Å². The average Bonchev–Trinajstić information content (AvgIpc) is 2.48. The minimum atomic E-state index is -4.95. The van der Waals surface area contributed by atoms with Gasteiger partial charge in [-0.1, -0.05) is 0 Å². The third-order valence-corrected chi connectivity index (χ3v) is 2.37. The zero-order valence-electron chi connectivity index (χ0n) is 12.7. The number of halogens is 6. The lowest BCUT2D eigenvalue weighted by Crippen LogP contribution is -2.41. The lowest BCUT2D eigenvalue weighted by molar-refractivity contribution is -0.173. The summed E-state index contributed by atoms with van der Waals surface area (Å²) >= 11 is 9.51. The third kappa shape index (κ3) is 11.8. The first-order chi connectivity index (χ1) is 11.5. The number of hydrogen-bond donors (Lipinski definition) is 3. The van der Waals surface area contributed by atoms with E-state index >= 15 is 0 Å². The van der Waals surface area contributed by atoms with Crippen LogP contribution in [0.4, 0.5) is 13.2 Å². The van der Waals surface area contributed by atoms with E-state index in [-0.39, 0.29) is 29.4 Å². The molecule has 0 aliphatic rings. The fourth-order valence-corrected chi connectivity index (χ4v) is 1.48. The molecule has 0 atom stereocenters. The Morgan fingerprint density at radius 3 is 2.20 bits per heavy atom. The Morgan fingerprint density at radius 1 is 1.20 bits per heavy atom. The van der Waals surface area contributed by atoms with Crippen LogP contribution in [0.2, 0.25) is 0 Å². The van der Waals surface area contributed by atoms with Gasteiger partial charge in [-0.05, 0) is 71.1 Å². The Bertz CT molecular complexity index is 589. The number of rotatable bonds is 5. The van der Waals surface area contributed by atoms with E-state index in [1.807, 2.05) is 0 Å². The first-order valence-corrected chi connectivity index (χ1v) is 13.9. The quantitative estimate of drug-likeness (QED) is 0.369. The van der Waals surface area contributed by atoms with Gasteiger partial charge in [-0.2, -0.15) is 13.2 Å². The van der Waals surface area contributed by atoms with Crippen LogP contribution in [0.1, 0.15) is 21.7 Å². The largest absolute Gasteiger partial charge is 0.471 e. The van der Waals surface area contributed by atoms with Crippen molar-refractivity contribution in [3.8, 4) is 0 Å². The highest BCUT2D eigenvalue weighted by molar-refractivity contribution is 9.93. The van der Waals surface area contributed by atoms with Crippen LogP contribution in [0.3, 0.4) is 0 Å². The summed E-state index contributed by atoms with van der Waals surface area (Å²) in [7, 11) is 0. The number of nitrogens with one attached hydrogen (secondary N) is 2. The molecule has 25 heavy (non-hydrogen) atoms. The molecule has 2 amide bonds. The van der Waals surface area contributed by atoms with Crippen molar-refractivity contribution in [2.24, 2.45) is 0 Å². The number of aliphatic hydroxyl groups excluding tert-OH is 1. The molecule has 0 aliphatic carbocycles. The first-order valence-electron chi connectivity index (χ1n) is 6.46. The summed E-state index contributed by atoms with van der Waals surface area (Å²) < 4.78 is 35.5. The summed E-state index contributed by atoms with van der Waals surface area (Å²) in [5, 5.41) is 12.9. The van der Waals surface area contributed by atoms with Crippen molar-refractivity contribution in [3.63, 3.8) is 0 Å². The second-order valence-corrected chi connectivity index (χ2v) is 19.7. The summed E-state index contributed by atoms with van der Waals surface area (Å²) in [4.78, 5) is 26.1. The average molecular weight is 576 g/mol. The number of carbonyl (C=O) groups excluding carboxylic acids is 2. The van der Waals surface area contributed by atoms with Crippen molar-refractivity contribution in [2.45, 2.75) is 19.7 Å². The van der Waals surface area contributed by atoms with Gasteiger partial charge < -0.3 is 15.7 Å². The van der Waals surface area contributed by atoms with Crippen molar-refractivity contribution >= 4 is 62.3 Å². The molecule has 0 saturated heterocycles. The maximum atomic E-state index is 11.9. The lowest BCUT2D eigenvalue weighted by Gasteiger charge is -2.09. The van der Waals surface area contributed by atoms with Crippen LogP contribution in [-0.4, -0.2) is 41.2 Å². The fourth-order valence-electron chi connectivity index (χ4n) is 1.48. The molecule has 142 valence electrons. The molecule has 1 rings (SSSR count). The van der Waals surface area contributed by atoms with Gasteiger partial charge in [-0.15, -0.1) is 0 Å². The highest BCUT2D eigenvalue weighted by Crippen LogP contribution is 2.59. The van der Waals surface area contributed by atoms with Crippen LogP contribution < -0.4 is 10.6 Å². The molecule has 13 heteroatoms. The topological polar surface area (TPSA) is 91.3 Å². The Kier molecular flexibility index (Phi) is 12.0. The number of aliphatic hydroxyl groups is 1. The second-order valence-electron chi connectivity index (χ2n) is 4.38. The molecule has 1 aromatic rings. The Balaban J connectivity index is 0.00000129. The molecule has 0 radical (unpaired) electrons. The van der Waals surface area contributed by atoms with E-state index in [9.17, 15) is 22.8 Å². The van der Waals surface area contributed by atoms with Crippen LogP contribution in [0.5, 0.6) is 0 Å². The molecule has 0 fully saturated rings. The molecule has 0 unspecified atom stereocenters. The maximum Gasteiger partial charge on any atom is 0.471 e. The molecule has 6 nitrogen and oxygen atoms in total. The number of nitrogens with zero attached hydrogens (tertiary/aromatic N) is 1. The van der Waals surface area contributed by atoms with Crippen molar-refractivity contribution in [1.82, 2.24) is 15.6 Å². The SMILES string of the molecule is BrP(Br)Br.Cc1cc(CO)nc(C(=O)NCCNC(=O)C(F)(F)F)c1. The second kappa shape index (κ2) is 12.2. The predicted octanol–water partition coefficient (Wildman–Crippen LogP) is 3.69. The molecule has 3 N–H and O–H groups in total. The van der Waals surface area contributed by atoms with Crippen LogP contribution in [0, 0.1) is 6.92 Å². The molecule has 0 aliphatic heterocycles. The highest BCUT2D eigenvalue weighted by atomic mass is 80.0. The third-order valence-electron chi connectivity index (χ3n) is 2.37. The predicted molar refractivity (Wildman–Crippen MR) is 100.0 cm³/mol. The van der Waals surface area contributed by atoms with E-state index < -0.39 is 18.0 Å². The highest BCUT2D eigenvalue weighted by Gasteiger charge is 2.38. The molecular formula is C12H14Br3F3N3O3P. The summed E-state index contributed by atoms with van der Waals surface area (Å²) in [6.45, 7) is 0.845. The maximum absolute atomic E-state index is 11.9. The van der Waals surface area contributed by atoms with Gasteiger partial charge in [0.05, 0.1) is 12.3 Å². The molecule has 0 aromatic carbocycles. The minimum absolute atomic E-state index is 0.0428. The van der Waals surface area contributed by atoms with Gasteiger partial charge in [-0.25, -0.2) is 4.98 Å². The number of aryl methyl sites for hydroxylation is 1. The van der Waals surface area contributed by atoms with Gasteiger partial charge in [-0.3, -0.25) is 9.59 Å². The van der Waals surface area contributed by atoms with Crippen molar-refractivity contribution < 1.29 is 27.9 Å². The Labute approximate surface area is 167 Å². The van der Waals surface area contributed by atoms with Crippen molar-refractivity contribution in [3.05, 3.63) is 29.1 Å². The normalized spacial score (nSPS) is 10.8. The van der Waals surface area contributed by atoms with E-state index in [0.717, 1.165) is 0 Å². The van der Waals surface area contributed by atoms with E-state index in [1.54, 1.807) is 18.3 Å². The van der Waals surface area contributed by atoms with Crippen LogP contribution in [-0.2, 0) is 11.4 Å². The van der Waals surface area contributed by atoms with Gasteiger partial charge >= 0.3 is 12.1 Å². The van der Waals surface area contributed by atoms with Gasteiger partial charge in [0.15, 0.2) is 0 Å². The minimum Gasteiger partial charge on any atom is -0.390 e. The first kappa shape index (κ1) is 24.7. The van der Waals surface area contributed by atoms with Crippen LogP contribution in [0.25, 0.3) is 0 Å². The number of amides is 2. The molecule has 1 aromatic heterocycles. The van der Waals surface area contributed by atoms with Gasteiger partial charge in [0, 0.05) is 13.1 Å². The zero-order valence-corrected chi connectivity index (χ0v) is 18.4. The molecule has 0 bridgehead atoms. The summed E-state index contributed by atoms with van der Waals surface area (Å²) in [5.41, 5.74) is 1.07. The Morgan fingerprint density at radius 2 is 1.72 bits per heavy atom. The van der Waals surface area contributed by atoms with Crippen molar-refractivity contribution in [2.75, 3.05) is 13.1 Å². The van der Waals surface area contributed by atoms with Gasteiger partial charge in [0.2, 0.25) is 0 Å². The number of alkyl halides is 3. The van der Waals surface area contributed by atoms with Gasteiger partial charge in [0.25, 0.3) is 5.91 Å². The smallest absolute Gasteiger partial charge is 0.390 e.